The first-order valence-corrected chi connectivity index (χ1v) is 6.68. The van der Waals surface area contributed by atoms with Crippen LogP contribution in [-0.2, 0) is 0 Å². The van der Waals surface area contributed by atoms with E-state index >= 15 is 0 Å². The van der Waals surface area contributed by atoms with Gasteiger partial charge in [-0.1, -0.05) is 38.3 Å². The molecule has 82 valence electrons. The summed E-state index contributed by atoms with van der Waals surface area (Å²) in [6.45, 7) is 1.03. The number of phenolic OH excluding ortho intramolecular Hbond substituents is 1. The van der Waals surface area contributed by atoms with Crippen molar-refractivity contribution in [1.82, 2.24) is 5.32 Å². The number of nitrogens with one attached hydrogen (secondary N) is 1. The maximum Gasteiger partial charge on any atom is 0.122 e. The maximum atomic E-state index is 9.92. The van der Waals surface area contributed by atoms with Crippen molar-refractivity contribution in [3.8, 4) is 5.75 Å². The molecule has 0 unspecified atom stereocenters. The second-order valence-electron chi connectivity index (χ2n) is 3.82. The lowest BCUT2D eigenvalue weighted by Crippen LogP contribution is -2.27. The smallest absolute Gasteiger partial charge is 0.122 e. The van der Waals surface area contributed by atoms with Crippen LogP contribution in [0.25, 0.3) is 0 Å². The van der Waals surface area contributed by atoms with E-state index in [0.717, 1.165) is 27.5 Å². The number of hydrogen-bond acceptors (Lipinski definition) is 2. The number of piperidine rings is 1. The third-order valence-corrected chi connectivity index (χ3v) is 3.85. The summed E-state index contributed by atoms with van der Waals surface area (Å²) in [7, 11) is 0. The molecule has 0 spiro atoms. The Bertz CT molecular complexity index is 339. The first-order chi connectivity index (χ1) is 7.18. The number of benzene rings is 1. The Balaban J connectivity index is 2.33. The van der Waals surface area contributed by atoms with Gasteiger partial charge in [0, 0.05) is 20.6 Å². The SMILES string of the molecule is Oc1cc(Br)cc(Br)c1[C@H]1CCCCN1. The predicted octanol–water partition coefficient (Wildman–Crippen LogP) is 3.73. The number of rotatable bonds is 1. The van der Waals surface area contributed by atoms with Gasteiger partial charge in [-0.3, -0.25) is 0 Å². The average molecular weight is 335 g/mol. The van der Waals surface area contributed by atoms with Gasteiger partial charge in [0.15, 0.2) is 0 Å². The van der Waals surface area contributed by atoms with Gasteiger partial charge in [0.25, 0.3) is 0 Å². The second kappa shape index (κ2) is 4.85. The van der Waals surface area contributed by atoms with Crippen LogP contribution < -0.4 is 5.32 Å². The summed E-state index contributed by atoms with van der Waals surface area (Å²) in [5.74, 6) is 0.357. The van der Waals surface area contributed by atoms with Crippen LogP contribution in [0.4, 0.5) is 0 Å². The minimum absolute atomic E-state index is 0.279. The van der Waals surface area contributed by atoms with Gasteiger partial charge in [-0.2, -0.15) is 0 Å². The molecular formula is C11H13Br2NO. The van der Waals surface area contributed by atoms with E-state index in [0.29, 0.717) is 5.75 Å². The molecule has 0 bridgehead atoms. The van der Waals surface area contributed by atoms with Crippen LogP contribution in [0.1, 0.15) is 30.9 Å². The molecule has 1 aromatic rings. The fourth-order valence-electron chi connectivity index (χ4n) is 2.01. The van der Waals surface area contributed by atoms with Crippen molar-refractivity contribution in [3.05, 3.63) is 26.6 Å². The molecule has 1 fully saturated rings. The maximum absolute atomic E-state index is 9.92. The van der Waals surface area contributed by atoms with E-state index in [-0.39, 0.29) is 6.04 Å². The Morgan fingerprint density at radius 1 is 1.27 bits per heavy atom. The lowest BCUT2D eigenvalue weighted by atomic mass is 9.97. The highest BCUT2D eigenvalue weighted by molar-refractivity contribution is 9.11. The zero-order valence-corrected chi connectivity index (χ0v) is 11.4. The molecule has 0 saturated carbocycles. The Kier molecular flexibility index (Phi) is 3.69. The normalized spacial score (nSPS) is 21.6. The zero-order chi connectivity index (χ0) is 10.8. The molecule has 1 aromatic carbocycles. The third-order valence-electron chi connectivity index (χ3n) is 2.73. The standard InChI is InChI=1S/C11H13Br2NO/c12-7-5-8(13)11(10(15)6-7)9-3-1-2-4-14-9/h5-6,9,14-15H,1-4H2/t9-/m1/s1. The highest BCUT2D eigenvalue weighted by Gasteiger charge is 2.20. The van der Waals surface area contributed by atoms with Crippen molar-refractivity contribution >= 4 is 31.9 Å². The topological polar surface area (TPSA) is 32.3 Å². The van der Waals surface area contributed by atoms with Crippen LogP contribution in [0, 0.1) is 0 Å². The number of halogens is 2. The van der Waals surface area contributed by atoms with Gasteiger partial charge in [0.2, 0.25) is 0 Å². The molecule has 0 aromatic heterocycles. The summed E-state index contributed by atoms with van der Waals surface area (Å²) in [4.78, 5) is 0. The van der Waals surface area contributed by atoms with E-state index in [4.69, 9.17) is 0 Å². The number of hydrogen-bond donors (Lipinski definition) is 2. The van der Waals surface area contributed by atoms with Crippen LogP contribution >= 0.6 is 31.9 Å². The van der Waals surface area contributed by atoms with Gasteiger partial charge in [-0.15, -0.1) is 0 Å². The molecule has 1 saturated heterocycles. The zero-order valence-electron chi connectivity index (χ0n) is 8.26. The first-order valence-electron chi connectivity index (χ1n) is 5.10. The molecule has 1 heterocycles. The van der Waals surface area contributed by atoms with E-state index < -0.39 is 0 Å². The summed E-state index contributed by atoms with van der Waals surface area (Å²) >= 11 is 6.86. The molecular weight excluding hydrogens is 322 g/mol. The van der Waals surface area contributed by atoms with E-state index in [1.54, 1.807) is 6.07 Å². The van der Waals surface area contributed by atoms with Crippen LogP contribution in [0.3, 0.4) is 0 Å². The summed E-state index contributed by atoms with van der Waals surface area (Å²) in [6, 6.07) is 4.00. The second-order valence-corrected chi connectivity index (χ2v) is 5.59. The lowest BCUT2D eigenvalue weighted by Gasteiger charge is -2.25. The van der Waals surface area contributed by atoms with E-state index in [2.05, 4.69) is 37.2 Å². The van der Waals surface area contributed by atoms with Crippen LogP contribution in [-0.4, -0.2) is 11.7 Å². The lowest BCUT2D eigenvalue weighted by molar-refractivity contribution is 0.389. The van der Waals surface area contributed by atoms with Crippen molar-refractivity contribution < 1.29 is 5.11 Å². The van der Waals surface area contributed by atoms with Gasteiger partial charge in [-0.05, 0) is 31.5 Å². The molecule has 4 heteroatoms. The van der Waals surface area contributed by atoms with E-state index in [9.17, 15) is 5.11 Å². The van der Waals surface area contributed by atoms with Gasteiger partial charge < -0.3 is 10.4 Å². The molecule has 2 N–H and O–H groups in total. The molecule has 2 rings (SSSR count). The summed E-state index contributed by atoms with van der Waals surface area (Å²) < 4.78 is 1.86. The minimum atomic E-state index is 0.279. The molecule has 0 amide bonds. The van der Waals surface area contributed by atoms with Gasteiger partial charge in [0.1, 0.15) is 5.75 Å². The van der Waals surface area contributed by atoms with Crippen molar-refractivity contribution in [3.63, 3.8) is 0 Å². The largest absolute Gasteiger partial charge is 0.508 e. The molecule has 1 atom stereocenters. The number of phenols is 1. The minimum Gasteiger partial charge on any atom is -0.508 e. The van der Waals surface area contributed by atoms with Gasteiger partial charge in [-0.25, -0.2) is 0 Å². The Hall–Kier alpha value is -0.0600. The highest BCUT2D eigenvalue weighted by atomic mass is 79.9. The summed E-state index contributed by atoms with van der Waals surface area (Å²) in [5.41, 5.74) is 0.984. The molecule has 15 heavy (non-hydrogen) atoms. The van der Waals surface area contributed by atoms with Crippen molar-refractivity contribution in [1.29, 1.82) is 0 Å². The number of aromatic hydroxyl groups is 1. The van der Waals surface area contributed by atoms with Crippen LogP contribution in [0.2, 0.25) is 0 Å². The van der Waals surface area contributed by atoms with Gasteiger partial charge in [0.05, 0.1) is 0 Å². The van der Waals surface area contributed by atoms with E-state index in [1.807, 2.05) is 6.07 Å². The molecule has 2 nitrogen and oxygen atoms in total. The van der Waals surface area contributed by atoms with Crippen molar-refractivity contribution in [2.75, 3.05) is 6.54 Å². The first kappa shape index (κ1) is 11.4. The highest BCUT2D eigenvalue weighted by Crippen LogP contribution is 2.37. The monoisotopic (exact) mass is 333 g/mol. The molecule has 1 aliphatic heterocycles. The van der Waals surface area contributed by atoms with E-state index in [1.165, 1.54) is 12.8 Å². The predicted molar refractivity (Wildman–Crippen MR) is 68.1 cm³/mol. The summed E-state index contributed by atoms with van der Waals surface area (Å²) in [6.07, 6.45) is 3.54. The molecule has 1 aliphatic rings. The average Bonchev–Trinajstić information content (AvgIpc) is 2.17. The Morgan fingerprint density at radius 3 is 2.67 bits per heavy atom. The molecule has 0 aliphatic carbocycles. The fraction of sp³-hybridized carbons (Fsp3) is 0.455. The van der Waals surface area contributed by atoms with Crippen LogP contribution in [0.15, 0.2) is 21.1 Å². The Morgan fingerprint density at radius 2 is 2.07 bits per heavy atom. The van der Waals surface area contributed by atoms with Crippen molar-refractivity contribution in [2.45, 2.75) is 25.3 Å². The fourth-order valence-corrected chi connectivity index (χ4v) is 3.49. The Labute approximate surface area is 106 Å². The van der Waals surface area contributed by atoms with Crippen LogP contribution in [0.5, 0.6) is 5.75 Å². The van der Waals surface area contributed by atoms with Gasteiger partial charge >= 0.3 is 0 Å². The summed E-state index contributed by atoms with van der Waals surface area (Å²) in [5, 5.41) is 13.4. The van der Waals surface area contributed by atoms with Crippen molar-refractivity contribution in [2.24, 2.45) is 0 Å². The quantitative estimate of drug-likeness (QED) is 0.820. The molecule has 0 radical (unpaired) electrons. The third kappa shape index (κ3) is 2.55.